The number of aromatic nitrogens is 3. The summed E-state index contributed by atoms with van der Waals surface area (Å²) in [7, 11) is 0. The van der Waals surface area contributed by atoms with Crippen molar-refractivity contribution in [3.63, 3.8) is 0 Å². The van der Waals surface area contributed by atoms with Crippen LogP contribution in [0.3, 0.4) is 0 Å². The lowest BCUT2D eigenvalue weighted by atomic mass is 10.1. The number of aromatic amines is 1. The topological polar surface area (TPSA) is 69.1 Å². The maximum atomic E-state index is 12.1. The predicted octanol–water partition coefficient (Wildman–Crippen LogP) is 3.53. The van der Waals surface area contributed by atoms with Crippen molar-refractivity contribution in [1.82, 2.24) is 14.8 Å². The van der Waals surface area contributed by atoms with Crippen molar-refractivity contribution in [3.8, 4) is 11.5 Å². The second-order valence-corrected chi connectivity index (χ2v) is 7.44. The normalized spacial score (nSPS) is 12.9. The van der Waals surface area contributed by atoms with Gasteiger partial charge in [-0.05, 0) is 29.7 Å². The van der Waals surface area contributed by atoms with E-state index < -0.39 is 0 Å². The first kappa shape index (κ1) is 18.0. The summed E-state index contributed by atoms with van der Waals surface area (Å²) in [6.45, 7) is 1.59. The highest BCUT2D eigenvalue weighted by molar-refractivity contribution is 7.98. The van der Waals surface area contributed by atoms with Crippen LogP contribution in [0.1, 0.15) is 11.1 Å². The van der Waals surface area contributed by atoms with Crippen LogP contribution >= 0.6 is 23.4 Å². The van der Waals surface area contributed by atoms with Gasteiger partial charge in [0.25, 0.3) is 0 Å². The number of ether oxygens (including phenoxy) is 2. The van der Waals surface area contributed by atoms with E-state index in [2.05, 4.69) is 22.3 Å². The molecule has 8 heteroatoms. The summed E-state index contributed by atoms with van der Waals surface area (Å²) in [6, 6.07) is 13.9. The van der Waals surface area contributed by atoms with Crippen molar-refractivity contribution < 1.29 is 9.47 Å². The van der Waals surface area contributed by atoms with Gasteiger partial charge in [0.2, 0.25) is 0 Å². The van der Waals surface area contributed by atoms with Gasteiger partial charge in [-0.25, -0.2) is 9.89 Å². The average Bonchev–Trinajstić information content (AvgIpc) is 3.05. The molecule has 1 aliphatic heterocycles. The summed E-state index contributed by atoms with van der Waals surface area (Å²) < 4.78 is 12.8. The fourth-order valence-electron chi connectivity index (χ4n) is 2.89. The lowest BCUT2D eigenvalue weighted by Gasteiger charge is -2.20. The molecular weight excluding hydrogens is 386 g/mol. The van der Waals surface area contributed by atoms with Gasteiger partial charge in [0.05, 0.1) is 5.02 Å². The monoisotopic (exact) mass is 403 g/mol. The first-order valence-corrected chi connectivity index (χ1v) is 9.97. The van der Waals surface area contributed by atoms with Gasteiger partial charge in [-0.3, -0.25) is 4.57 Å². The Morgan fingerprint density at radius 1 is 1.15 bits per heavy atom. The number of H-pyrrole nitrogens is 1. The number of hydrogen-bond acceptors (Lipinski definition) is 5. The third-order valence-electron chi connectivity index (χ3n) is 4.21. The van der Waals surface area contributed by atoms with E-state index in [0.717, 1.165) is 12.0 Å². The van der Waals surface area contributed by atoms with E-state index in [1.54, 1.807) is 4.57 Å². The third kappa shape index (κ3) is 4.14. The average molecular weight is 404 g/mol. The number of nitrogens with zero attached hydrogens (tertiary/aromatic N) is 2. The molecule has 0 saturated carbocycles. The summed E-state index contributed by atoms with van der Waals surface area (Å²) in [4.78, 5) is 12.1. The molecule has 0 saturated heterocycles. The molecule has 0 unspecified atom stereocenters. The quantitative estimate of drug-likeness (QED) is 0.637. The van der Waals surface area contributed by atoms with Crippen molar-refractivity contribution in [2.75, 3.05) is 13.2 Å². The van der Waals surface area contributed by atoms with Crippen LogP contribution in [0.2, 0.25) is 5.02 Å². The van der Waals surface area contributed by atoms with Gasteiger partial charge in [0, 0.05) is 12.3 Å². The number of nitrogens with one attached hydrogen (secondary N) is 1. The highest BCUT2D eigenvalue weighted by atomic mass is 35.5. The molecule has 27 heavy (non-hydrogen) atoms. The van der Waals surface area contributed by atoms with E-state index in [1.807, 2.05) is 30.3 Å². The highest BCUT2D eigenvalue weighted by Crippen LogP contribution is 2.39. The molecule has 0 atom stereocenters. The predicted molar refractivity (Wildman–Crippen MR) is 105 cm³/mol. The molecule has 1 aliphatic rings. The Hall–Kier alpha value is -2.38. The van der Waals surface area contributed by atoms with E-state index in [0.29, 0.717) is 47.2 Å². The number of hydrogen-bond donors (Lipinski definition) is 1. The van der Waals surface area contributed by atoms with Crippen molar-refractivity contribution in [1.29, 1.82) is 0 Å². The summed E-state index contributed by atoms with van der Waals surface area (Å²) in [5, 5.41) is 7.88. The fraction of sp³-hybridized carbons (Fsp3) is 0.263. The number of fused-ring (bicyclic) bond motifs is 1. The van der Waals surface area contributed by atoms with E-state index in [-0.39, 0.29) is 5.69 Å². The molecule has 3 aromatic rings. The number of thioether (sulfide) groups is 1. The van der Waals surface area contributed by atoms with Gasteiger partial charge in [0.1, 0.15) is 13.2 Å². The number of aryl methyl sites for hydroxylation is 1. The van der Waals surface area contributed by atoms with Crippen LogP contribution in [0.15, 0.2) is 52.4 Å². The zero-order valence-corrected chi connectivity index (χ0v) is 16.1. The van der Waals surface area contributed by atoms with Crippen molar-refractivity contribution in [2.45, 2.75) is 23.9 Å². The Balaban J connectivity index is 1.46. The highest BCUT2D eigenvalue weighted by Gasteiger charge is 2.17. The van der Waals surface area contributed by atoms with E-state index in [1.165, 1.54) is 17.3 Å². The van der Waals surface area contributed by atoms with Crippen LogP contribution in [0.4, 0.5) is 0 Å². The molecule has 0 amide bonds. The second-order valence-electron chi connectivity index (χ2n) is 6.09. The maximum Gasteiger partial charge on any atom is 0.343 e. The van der Waals surface area contributed by atoms with Gasteiger partial charge in [-0.15, -0.1) is 5.10 Å². The SMILES string of the molecule is O=c1[nH]nc(SCc2cc(Cl)c3c(c2)OCCO3)n1CCc1ccccc1. The fourth-order valence-corrected chi connectivity index (χ4v) is 4.08. The summed E-state index contributed by atoms with van der Waals surface area (Å²) >= 11 is 7.77. The molecule has 1 N–H and O–H groups in total. The molecule has 0 spiro atoms. The maximum absolute atomic E-state index is 12.1. The van der Waals surface area contributed by atoms with E-state index >= 15 is 0 Å². The van der Waals surface area contributed by atoms with Crippen LogP contribution in [0.5, 0.6) is 11.5 Å². The summed E-state index contributed by atoms with van der Waals surface area (Å²) in [5.74, 6) is 1.87. The molecule has 6 nitrogen and oxygen atoms in total. The molecule has 0 bridgehead atoms. The van der Waals surface area contributed by atoms with Crippen LogP contribution < -0.4 is 15.2 Å². The molecule has 0 fully saturated rings. The van der Waals surface area contributed by atoms with Crippen LogP contribution in [0, 0.1) is 0 Å². The molecule has 4 rings (SSSR count). The van der Waals surface area contributed by atoms with Gasteiger partial charge in [0.15, 0.2) is 16.7 Å². The zero-order chi connectivity index (χ0) is 18.6. The molecule has 1 aromatic heterocycles. The Bertz CT molecular complexity index is 988. The molecule has 140 valence electrons. The number of halogens is 1. The lowest BCUT2D eigenvalue weighted by Crippen LogP contribution is -2.18. The summed E-state index contributed by atoms with van der Waals surface area (Å²) in [5.41, 5.74) is 1.97. The van der Waals surface area contributed by atoms with Gasteiger partial charge in [-0.1, -0.05) is 53.7 Å². The molecule has 0 aliphatic carbocycles. The molecule has 2 heterocycles. The standard InChI is InChI=1S/C19H18ClN3O3S/c20-15-10-14(11-16-17(15)26-9-8-25-16)12-27-19-22-21-18(24)23(19)7-6-13-4-2-1-3-5-13/h1-5,10-11H,6-9,12H2,(H,21,24). The Morgan fingerprint density at radius 2 is 1.96 bits per heavy atom. The minimum absolute atomic E-state index is 0.200. The largest absolute Gasteiger partial charge is 0.486 e. The van der Waals surface area contributed by atoms with E-state index in [9.17, 15) is 4.79 Å². The van der Waals surface area contributed by atoms with Crippen LogP contribution in [0.25, 0.3) is 0 Å². The number of rotatable bonds is 6. The van der Waals surface area contributed by atoms with Gasteiger partial charge >= 0.3 is 5.69 Å². The van der Waals surface area contributed by atoms with Crippen LogP contribution in [-0.4, -0.2) is 28.0 Å². The zero-order valence-electron chi connectivity index (χ0n) is 14.5. The van der Waals surface area contributed by atoms with Crippen LogP contribution in [-0.2, 0) is 18.7 Å². The Kier molecular flexibility index (Phi) is 5.40. The second kappa shape index (κ2) is 8.10. The first-order chi connectivity index (χ1) is 13.2. The Morgan fingerprint density at radius 3 is 2.81 bits per heavy atom. The van der Waals surface area contributed by atoms with Crippen molar-refractivity contribution in [3.05, 3.63) is 69.1 Å². The third-order valence-corrected chi connectivity index (χ3v) is 5.54. The summed E-state index contributed by atoms with van der Waals surface area (Å²) in [6.07, 6.45) is 0.768. The van der Waals surface area contributed by atoms with Gasteiger partial charge < -0.3 is 9.47 Å². The van der Waals surface area contributed by atoms with Crippen molar-refractivity contribution in [2.24, 2.45) is 0 Å². The van der Waals surface area contributed by atoms with E-state index in [4.69, 9.17) is 21.1 Å². The van der Waals surface area contributed by atoms with Crippen molar-refractivity contribution >= 4 is 23.4 Å². The smallest absolute Gasteiger partial charge is 0.343 e. The molecule has 2 aromatic carbocycles. The molecule has 0 radical (unpaired) electrons. The minimum atomic E-state index is -0.200. The Labute approximate surface area is 165 Å². The number of benzene rings is 2. The first-order valence-electron chi connectivity index (χ1n) is 8.60. The molecular formula is C19H18ClN3O3S. The lowest BCUT2D eigenvalue weighted by molar-refractivity contribution is 0.171. The van der Waals surface area contributed by atoms with Gasteiger partial charge in [-0.2, -0.15) is 0 Å². The minimum Gasteiger partial charge on any atom is -0.486 e.